The Morgan fingerprint density at radius 1 is 0.925 bits per heavy atom. The third kappa shape index (κ3) is 7.04. The molecule has 1 heterocycles. The molecule has 0 saturated heterocycles. The van der Waals surface area contributed by atoms with E-state index in [1.54, 1.807) is 50.6 Å². The normalized spacial score (nSPS) is 13.8. The van der Waals surface area contributed by atoms with Crippen molar-refractivity contribution in [1.29, 1.82) is 0 Å². The van der Waals surface area contributed by atoms with Crippen molar-refractivity contribution in [3.63, 3.8) is 0 Å². The predicted octanol–water partition coefficient (Wildman–Crippen LogP) is 6.50. The van der Waals surface area contributed by atoms with Crippen molar-refractivity contribution >= 4 is 49.1 Å². The highest BCUT2D eigenvalue weighted by Gasteiger charge is 2.37. The third-order valence-electron chi connectivity index (χ3n) is 6.26. The molecule has 0 spiro atoms. The lowest BCUT2D eigenvalue weighted by Crippen LogP contribution is -2.21. The van der Waals surface area contributed by atoms with E-state index in [1.807, 2.05) is 25.2 Å². The van der Waals surface area contributed by atoms with E-state index in [-0.39, 0.29) is 5.41 Å². The average molecular weight is 566 g/mol. The Morgan fingerprint density at radius 2 is 1.43 bits per heavy atom. The number of azo groups is 2. The van der Waals surface area contributed by atoms with Crippen LogP contribution in [0.4, 0.5) is 34.1 Å². The monoisotopic (exact) mass is 565 g/mol. The standard InChI is InChI=1S/C27H28N6O3.H4NO2P/c1-17-27(2,3)21-13-20(11-12-24(21)33(17)4)30-32-23-15-25(35-5)22(14-26(23)36-6)31-29-19-9-7-18(8-10-19)28-16-34;1-4(2)3/h7-16H,1H2,2-6H3,(H,28,34);2-3H,1H2. The van der Waals surface area contributed by atoms with Gasteiger partial charge in [0.2, 0.25) is 14.9 Å². The molecule has 0 radical (unpaired) electrons. The molecular weight excluding hydrogens is 533 g/mol. The van der Waals surface area contributed by atoms with E-state index in [0.29, 0.717) is 40.7 Å². The van der Waals surface area contributed by atoms with E-state index in [9.17, 15) is 4.79 Å². The van der Waals surface area contributed by atoms with Crippen molar-refractivity contribution in [2.75, 3.05) is 31.5 Å². The van der Waals surface area contributed by atoms with Crippen molar-refractivity contribution in [3.8, 4) is 11.5 Å². The van der Waals surface area contributed by atoms with Crippen LogP contribution in [0.15, 0.2) is 87.3 Å². The Hall–Kier alpha value is -4.22. The van der Waals surface area contributed by atoms with Gasteiger partial charge in [0.25, 0.3) is 0 Å². The van der Waals surface area contributed by atoms with Crippen molar-refractivity contribution < 1.29 is 24.1 Å². The zero-order valence-electron chi connectivity index (χ0n) is 22.9. The number of carbonyl (C=O) groups excluding carboxylic acids is 1. The molecule has 5 N–H and O–H groups in total. The molecule has 4 rings (SSSR count). The first kappa shape index (κ1) is 30.3. The van der Waals surface area contributed by atoms with Crippen LogP contribution in [0.3, 0.4) is 0 Å². The molecule has 0 fully saturated rings. The molecule has 1 amide bonds. The van der Waals surface area contributed by atoms with E-state index >= 15 is 0 Å². The molecule has 1 aliphatic rings. The summed E-state index contributed by atoms with van der Waals surface area (Å²) in [5.74, 6) is 0.953. The highest BCUT2D eigenvalue weighted by molar-refractivity contribution is 7.42. The number of fused-ring (bicyclic) bond motifs is 1. The summed E-state index contributed by atoms with van der Waals surface area (Å²) in [6, 6.07) is 16.4. The van der Waals surface area contributed by atoms with E-state index in [1.165, 1.54) is 0 Å². The number of hydrogen-bond donors (Lipinski definition) is 4. The van der Waals surface area contributed by atoms with E-state index in [0.717, 1.165) is 22.6 Å². The maximum Gasteiger partial charge on any atom is 0.247 e. The van der Waals surface area contributed by atoms with Crippen LogP contribution in [0.25, 0.3) is 0 Å². The van der Waals surface area contributed by atoms with Crippen LogP contribution in [-0.4, -0.2) is 37.5 Å². The number of nitrogens with zero attached hydrogens (tertiary/aromatic N) is 5. The van der Waals surface area contributed by atoms with Crippen LogP contribution in [0.5, 0.6) is 11.5 Å². The Bertz CT molecular complexity index is 1420. The van der Waals surface area contributed by atoms with Gasteiger partial charge in [0, 0.05) is 41.7 Å². The van der Waals surface area contributed by atoms with Crippen molar-refractivity contribution in [3.05, 3.63) is 72.4 Å². The quantitative estimate of drug-likeness (QED) is 0.137. The van der Waals surface area contributed by atoms with Gasteiger partial charge >= 0.3 is 0 Å². The van der Waals surface area contributed by atoms with E-state index in [4.69, 9.17) is 19.3 Å². The number of nitrogens with two attached hydrogens (primary N) is 1. The first-order valence-electron chi connectivity index (χ1n) is 11.9. The lowest BCUT2D eigenvalue weighted by molar-refractivity contribution is -0.105. The smallest absolute Gasteiger partial charge is 0.247 e. The minimum atomic E-state index is -2.12. The summed E-state index contributed by atoms with van der Waals surface area (Å²) in [6.45, 7) is 8.53. The molecule has 40 heavy (non-hydrogen) atoms. The van der Waals surface area contributed by atoms with Crippen LogP contribution in [0, 0.1) is 0 Å². The van der Waals surface area contributed by atoms with Crippen molar-refractivity contribution in [2.45, 2.75) is 19.3 Å². The number of rotatable bonds is 8. The number of allylic oxidation sites excluding steroid dienone is 1. The van der Waals surface area contributed by atoms with Gasteiger partial charge in [0.05, 0.1) is 25.6 Å². The van der Waals surface area contributed by atoms with Gasteiger partial charge in [0.1, 0.15) is 22.9 Å². The number of carbonyl (C=O) groups is 1. The van der Waals surface area contributed by atoms with Gasteiger partial charge in [-0.3, -0.25) is 10.3 Å². The topological polar surface area (TPSA) is 167 Å². The second-order valence-electron chi connectivity index (χ2n) is 9.06. The molecule has 0 bridgehead atoms. The summed E-state index contributed by atoms with van der Waals surface area (Å²) in [4.78, 5) is 27.6. The van der Waals surface area contributed by atoms with Crippen molar-refractivity contribution in [2.24, 2.45) is 26.0 Å². The Balaban J connectivity index is 0.00000103. The first-order valence-corrected chi connectivity index (χ1v) is 13.2. The van der Waals surface area contributed by atoms with Gasteiger partial charge in [-0.05, 0) is 48.0 Å². The molecule has 0 atom stereocenters. The second kappa shape index (κ2) is 13.2. The molecule has 1 aliphatic heterocycles. The van der Waals surface area contributed by atoms with E-state index < -0.39 is 8.53 Å². The fourth-order valence-corrected chi connectivity index (χ4v) is 4.04. The number of anilines is 2. The van der Waals surface area contributed by atoms with Gasteiger partial charge < -0.3 is 29.5 Å². The number of methoxy groups -OCH3 is 2. The van der Waals surface area contributed by atoms with Gasteiger partial charge in [0.15, 0.2) is 0 Å². The Labute approximate surface area is 233 Å². The maximum atomic E-state index is 10.6. The van der Waals surface area contributed by atoms with Crippen LogP contribution in [-0.2, 0) is 10.2 Å². The maximum absolute atomic E-state index is 10.6. The van der Waals surface area contributed by atoms with Crippen LogP contribution in [0.2, 0.25) is 0 Å². The SMILES string of the molecule is C=C1N(C)c2ccc(N=Nc3cc(OC)c(N=Nc4ccc(NC=O)cc4)cc3OC)cc2C1(C)C.NP(O)O. The lowest BCUT2D eigenvalue weighted by Gasteiger charge is -2.22. The number of nitrogens with one attached hydrogen (secondary N) is 1. The van der Waals surface area contributed by atoms with Gasteiger partial charge in [-0.2, -0.15) is 10.2 Å². The number of likely N-dealkylation sites (N-methyl/N-ethyl adjacent to an activating group) is 1. The molecule has 0 unspecified atom stereocenters. The Morgan fingerprint density at radius 3 is 1.93 bits per heavy atom. The molecule has 3 aromatic rings. The molecule has 0 saturated carbocycles. The minimum Gasteiger partial charge on any atom is -0.494 e. The summed E-state index contributed by atoms with van der Waals surface area (Å²) in [6.07, 6.45) is 0.618. The van der Waals surface area contributed by atoms with Crippen LogP contribution < -0.4 is 25.2 Å². The highest BCUT2D eigenvalue weighted by atomic mass is 31.2. The number of hydrogen-bond acceptors (Lipinski definition) is 11. The minimum absolute atomic E-state index is 0.186. The van der Waals surface area contributed by atoms with E-state index in [2.05, 4.69) is 56.6 Å². The summed E-state index contributed by atoms with van der Waals surface area (Å²) >= 11 is 0. The zero-order chi connectivity index (χ0) is 29.4. The summed E-state index contributed by atoms with van der Waals surface area (Å²) < 4.78 is 11.0. The molecular formula is C27H32N7O5P. The number of ether oxygens (including phenoxy) is 2. The van der Waals surface area contributed by atoms with Gasteiger partial charge in [-0.25, -0.2) is 0 Å². The van der Waals surface area contributed by atoms with Crippen molar-refractivity contribution in [1.82, 2.24) is 0 Å². The zero-order valence-corrected chi connectivity index (χ0v) is 23.8. The highest BCUT2D eigenvalue weighted by Crippen LogP contribution is 2.47. The summed E-state index contributed by atoms with van der Waals surface area (Å²) in [5.41, 5.74) is 10.4. The summed E-state index contributed by atoms with van der Waals surface area (Å²) in [7, 11) is 3.01. The molecule has 210 valence electrons. The molecule has 0 aromatic heterocycles. The third-order valence-corrected chi connectivity index (χ3v) is 6.26. The van der Waals surface area contributed by atoms with Crippen LogP contribution in [0.1, 0.15) is 19.4 Å². The molecule has 12 nitrogen and oxygen atoms in total. The predicted molar refractivity (Wildman–Crippen MR) is 157 cm³/mol. The number of benzene rings is 3. The second-order valence-corrected chi connectivity index (χ2v) is 9.70. The van der Waals surface area contributed by atoms with Gasteiger partial charge in [-0.1, -0.05) is 20.4 Å². The van der Waals surface area contributed by atoms with Crippen LogP contribution >= 0.6 is 8.53 Å². The lowest BCUT2D eigenvalue weighted by atomic mass is 9.84. The molecule has 0 aliphatic carbocycles. The fourth-order valence-electron chi connectivity index (χ4n) is 4.04. The first-order chi connectivity index (χ1) is 19.0. The van der Waals surface area contributed by atoms with Gasteiger partial charge in [-0.15, -0.1) is 10.2 Å². The fraction of sp³-hybridized carbons (Fsp3) is 0.222. The number of amides is 1. The average Bonchev–Trinajstić information content (AvgIpc) is 3.10. The molecule has 13 heteroatoms. The summed E-state index contributed by atoms with van der Waals surface area (Å²) in [5, 5.41) is 20.0. The largest absolute Gasteiger partial charge is 0.494 e. The molecule has 3 aromatic carbocycles. The Kier molecular flexibility index (Phi) is 10.0.